The number of amides is 1. The summed E-state index contributed by atoms with van der Waals surface area (Å²) in [4.78, 5) is 16.8. The van der Waals surface area contributed by atoms with Crippen LogP contribution in [0.2, 0.25) is 0 Å². The van der Waals surface area contributed by atoms with E-state index in [-0.39, 0.29) is 11.7 Å². The molecule has 1 amide bonds. The van der Waals surface area contributed by atoms with Gasteiger partial charge in [0, 0.05) is 11.8 Å². The van der Waals surface area contributed by atoms with Crippen LogP contribution in [0.1, 0.15) is 15.9 Å². The molecule has 1 heterocycles. The third kappa shape index (κ3) is 2.95. The Hall–Kier alpha value is -3.60. The zero-order valence-corrected chi connectivity index (χ0v) is 13.1. The van der Waals surface area contributed by atoms with Gasteiger partial charge >= 0.3 is 0 Å². The number of ether oxygens (including phenoxy) is 1. The van der Waals surface area contributed by atoms with Crippen molar-refractivity contribution in [3.8, 4) is 17.2 Å². The molecule has 0 saturated heterocycles. The molecule has 25 heavy (non-hydrogen) atoms. The smallest absolute Gasteiger partial charge is 0.259 e. The molecule has 3 aromatic rings. The van der Waals surface area contributed by atoms with Crippen LogP contribution in [0.3, 0.4) is 0 Å². The third-order valence-electron chi connectivity index (χ3n) is 3.85. The largest absolute Gasteiger partial charge is 0.507 e. The van der Waals surface area contributed by atoms with E-state index in [0.29, 0.717) is 34.0 Å². The van der Waals surface area contributed by atoms with Gasteiger partial charge in [-0.3, -0.25) is 9.79 Å². The first-order chi connectivity index (χ1) is 12.2. The molecule has 3 aromatic carbocycles. The summed E-state index contributed by atoms with van der Waals surface area (Å²) in [6.07, 6.45) is 1.56. The summed E-state index contributed by atoms with van der Waals surface area (Å²) in [5, 5.41) is 12.6. The molecular formula is C20H14N2O3. The van der Waals surface area contributed by atoms with E-state index in [1.165, 1.54) is 0 Å². The van der Waals surface area contributed by atoms with Gasteiger partial charge in [0.05, 0.1) is 16.9 Å². The van der Waals surface area contributed by atoms with Crippen molar-refractivity contribution in [1.82, 2.24) is 0 Å². The number of carbonyl (C=O) groups excluding carboxylic acids is 1. The first-order valence-corrected chi connectivity index (χ1v) is 7.75. The van der Waals surface area contributed by atoms with Crippen LogP contribution in [-0.4, -0.2) is 17.2 Å². The highest BCUT2D eigenvalue weighted by Gasteiger charge is 2.20. The first-order valence-electron chi connectivity index (χ1n) is 7.75. The highest BCUT2D eigenvalue weighted by atomic mass is 16.5. The molecule has 0 bridgehead atoms. The summed E-state index contributed by atoms with van der Waals surface area (Å²) in [6, 6.07) is 19.3. The average molecular weight is 330 g/mol. The fourth-order valence-electron chi connectivity index (χ4n) is 2.57. The van der Waals surface area contributed by atoms with E-state index in [1.807, 2.05) is 18.2 Å². The van der Waals surface area contributed by atoms with Gasteiger partial charge in [0.25, 0.3) is 5.91 Å². The number of hydrogen-bond acceptors (Lipinski definition) is 4. The van der Waals surface area contributed by atoms with Crippen LogP contribution < -0.4 is 10.1 Å². The number of anilines is 1. The minimum atomic E-state index is -0.250. The number of rotatable bonds is 2. The Labute approximate surface area is 144 Å². The van der Waals surface area contributed by atoms with Crippen molar-refractivity contribution in [3.05, 3.63) is 77.9 Å². The van der Waals surface area contributed by atoms with Crippen LogP contribution in [0.25, 0.3) is 0 Å². The second-order valence-corrected chi connectivity index (χ2v) is 5.55. The third-order valence-corrected chi connectivity index (χ3v) is 3.85. The second-order valence-electron chi connectivity index (χ2n) is 5.55. The summed E-state index contributed by atoms with van der Waals surface area (Å²) in [7, 11) is 0. The maximum Gasteiger partial charge on any atom is 0.259 e. The molecule has 5 heteroatoms. The number of phenols is 1. The van der Waals surface area contributed by atoms with Gasteiger partial charge < -0.3 is 15.2 Å². The summed E-state index contributed by atoms with van der Waals surface area (Å²) >= 11 is 0. The van der Waals surface area contributed by atoms with Gasteiger partial charge in [0.15, 0.2) is 5.75 Å². The number of para-hydroxylation sites is 3. The summed E-state index contributed by atoms with van der Waals surface area (Å²) in [5.41, 5.74) is 2.23. The quantitative estimate of drug-likeness (QED) is 0.680. The monoisotopic (exact) mass is 330 g/mol. The van der Waals surface area contributed by atoms with Crippen molar-refractivity contribution < 1.29 is 14.6 Å². The Kier molecular flexibility index (Phi) is 3.67. The highest BCUT2D eigenvalue weighted by Crippen LogP contribution is 2.36. The molecule has 0 aliphatic carbocycles. The van der Waals surface area contributed by atoms with E-state index >= 15 is 0 Å². The van der Waals surface area contributed by atoms with Gasteiger partial charge in [-0.1, -0.05) is 24.3 Å². The summed E-state index contributed by atoms with van der Waals surface area (Å²) < 4.78 is 5.83. The summed E-state index contributed by atoms with van der Waals surface area (Å²) in [6.45, 7) is 0. The molecule has 0 aromatic heterocycles. The predicted octanol–water partition coefficient (Wildman–Crippen LogP) is 4.50. The number of nitrogens with one attached hydrogen (secondary N) is 1. The molecule has 0 fully saturated rings. The van der Waals surface area contributed by atoms with Crippen molar-refractivity contribution in [2.75, 3.05) is 5.32 Å². The standard InChI is InChI=1S/C20H14N2O3/c23-17-7-3-1-5-13(17)12-21-14-9-10-18-15(11-14)20(24)22-16-6-2-4-8-19(16)25-18/h1-12,23H,(H,22,24). The van der Waals surface area contributed by atoms with Gasteiger partial charge in [-0.25, -0.2) is 0 Å². The molecule has 5 nitrogen and oxygen atoms in total. The molecule has 0 unspecified atom stereocenters. The maximum absolute atomic E-state index is 12.5. The molecule has 0 atom stereocenters. The van der Waals surface area contributed by atoms with E-state index in [0.717, 1.165) is 0 Å². The van der Waals surface area contributed by atoms with Gasteiger partial charge in [-0.15, -0.1) is 0 Å². The Morgan fingerprint density at radius 3 is 2.64 bits per heavy atom. The Morgan fingerprint density at radius 2 is 1.76 bits per heavy atom. The van der Waals surface area contributed by atoms with Crippen LogP contribution >= 0.6 is 0 Å². The van der Waals surface area contributed by atoms with Crippen molar-refractivity contribution >= 4 is 23.5 Å². The molecule has 0 radical (unpaired) electrons. The molecule has 4 rings (SSSR count). The Balaban J connectivity index is 1.68. The lowest BCUT2D eigenvalue weighted by Gasteiger charge is -2.07. The van der Waals surface area contributed by atoms with E-state index in [2.05, 4.69) is 10.3 Å². The van der Waals surface area contributed by atoms with Gasteiger partial charge in [0.1, 0.15) is 11.5 Å². The second kappa shape index (κ2) is 6.13. The fourth-order valence-corrected chi connectivity index (χ4v) is 2.57. The molecule has 2 N–H and O–H groups in total. The van der Waals surface area contributed by atoms with Gasteiger partial charge in [-0.05, 0) is 42.5 Å². The number of aromatic hydroxyl groups is 1. The Bertz CT molecular complexity index is 996. The van der Waals surface area contributed by atoms with Crippen molar-refractivity contribution in [2.45, 2.75) is 0 Å². The van der Waals surface area contributed by atoms with Crippen LogP contribution in [0.15, 0.2) is 71.7 Å². The lowest BCUT2D eigenvalue weighted by molar-refractivity contribution is 0.102. The highest BCUT2D eigenvalue weighted by molar-refractivity contribution is 6.08. The minimum absolute atomic E-state index is 0.150. The number of fused-ring (bicyclic) bond motifs is 2. The van der Waals surface area contributed by atoms with Crippen LogP contribution in [-0.2, 0) is 0 Å². The van der Waals surface area contributed by atoms with E-state index in [1.54, 1.807) is 54.7 Å². The Morgan fingerprint density at radius 1 is 0.960 bits per heavy atom. The predicted molar refractivity (Wildman–Crippen MR) is 96.3 cm³/mol. The summed E-state index contributed by atoms with van der Waals surface area (Å²) in [5.74, 6) is 0.973. The van der Waals surface area contributed by atoms with Crippen molar-refractivity contribution in [1.29, 1.82) is 0 Å². The van der Waals surface area contributed by atoms with Crippen LogP contribution in [0.4, 0.5) is 11.4 Å². The van der Waals surface area contributed by atoms with Gasteiger partial charge in [-0.2, -0.15) is 0 Å². The SMILES string of the molecule is O=C1Nc2ccccc2Oc2ccc(N=Cc3ccccc3O)cc21. The molecular weight excluding hydrogens is 316 g/mol. The normalized spacial score (nSPS) is 12.7. The molecule has 122 valence electrons. The average Bonchev–Trinajstić information content (AvgIpc) is 2.77. The first kappa shape index (κ1) is 15.0. The zero-order chi connectivity index (χ0) is 17.2. The van der Waals surface area contributed by atoms with Crippen molar-refractivity contribution in [2.24, 2.45) is 4.99 Å². The topological polar surface area (TPSA) is 70.9 Å². The van der Waals surface area contributed by atoms with Crippen molar-refractivity contribution in [3.63, 3.8) is 0 Å². The number of aliphatic imine (C=N–C) groups is 1. The molecule has 1 aliphatic rings. The van der Waals surface area contributed by atoms with Crippen LogP contribution in [0, 0.1) is 0 Å². The number of hydrogen-bond donors (Lipinski definition) is 2. The molecule has 1 aliphatic heterocycles. The van der Waals surface area contributed by atoms with Crippen LogP contribution in [0.5, 0.6) is 17.2 Å². The maximum atomic E-state index is 12.5. The lowest BCUT2D eigenvalue weighted by atomic mass is 10.1. The number of carbonyl (C=O) groups is 1. The molecule has 0 spiro atoms. The van der Waals surface area contributed by atoms with E-state index < -0.39 is 0 Å². The minimum Gasteiger partial charge on any atom is -0.507 e. The zero-order valence-electron chi connectivity index (χ0n) is 13.1. The molecule has 0 saturated carbocycles. The number of nitrogens with zero attached hydrogens (tertiary/aromatic N) is 1. The van der Waals surface area contributed by atoms with Gasteiger partial charge in [0.2, 0.25) is 0 Å². The number of phenolic OH excluding ortho intramolecular Hbond substituents is 1. The fraction of sp³-hybridized carbons (Fsp3) is 0. The van der Waals surface area contributed by atoms with E-state index in [9.17, 15) is 9.90 Å². The van der Waals surface area contributed by atoms with E-state index in [4.69, 9.17) is 4.74 Å². The lowest BCUT2D eigenvalue weighted by Crippen LogP contribution is -2.10. The number of benzene rings is 3.